The molecule has 0 saturated carbocycles. The zero-order chi connectivity index (χ0) is 13.4. The highest BCUT2D eigenvalue weighted by atomic mass is 79.9. The SMILES string of the molecule is CCOC(=O)/C(C)=C/c1cccc(OCCBr)c1. The standard InChI is InChI=1S/C14H17BrO3/c1-3-17-14(16)11(2)9-12-5-4-6-13(10-12)18-8-7-15/h4-6,9-10H,3,7-8H2,1-2H3/b11-9+. The van der Waals surface area contributed by atoms with Crippen LogP contribution in [0.25, 0.3) is 6.08 Å². The second-order valence-electron chi connectivity index (χ2n) is 3.66. The van der Waals surface area contributed by atoms with E-state index in [-0.39, 0.29) is 5.97 Å². The van der Waals surface area contributed by atoms with Crippen molar-refractivity contribution in [1.82, 2.24) is 0 Å². The number of alkyl halides is 1. The Morgan fingerprint density at radius 2 is 2.22 bits per heavy atom. The lowest BCUT2D eigenvalue weighted by molar-refractivity contribution is -0.138. The van der Waals surface area contributed by atoms with Crippen LogP contribution < -0.4 is 4.74 Å². The van der Waals surface area contributed by atoms with Crippen molar-refractivity contribution in [3.05, 3.63) is 35.4 Å². The van der Waals surface area contributed by atoms with Gasteiger partial charge in [0.1, 0.15) is 5.75 Å². The van der Waals surface area contributed by atoms with E-state index in [1.165, 1.54) is 0 Å². The summed E-state index contributed by atoms with van der Waals surface area (Å²) in [5, 5.41) is 0.787. The Labute approximate surface area is 116 Å². The van der Waals surface area contributed by atoms with Crippen LogP contribution in [0.3, 0.4) is 0 Å². The maximum absolute atomic E-state index is 11.5. The normalized spacial score (nSPS) is 11.2. The number of benzene rings is 1. The first-order valence-corrected chi connectivity index (χ1v) is 6.93. The molecule has 0 fully saturated rings. The Kier molecular flexibility index (Phi) is 6.50. The van der Waals surface area contributed by atoms with Crippen molar-refractivity contribution in [3.8, 4) is 5.75 Å². The van der Waals surface area contributed by atoms with Crippen molar-refractivity contribution in [2.75, 3.05) is 18.5 Å². The van der Waals surface area contributed by atoms with Gasteiger partial charge in [0, 0.05) is 10.9 Å². The topological polar surface area (TPSA) is 35.5 Å². The lowest BCUT2D eigenvalue weighted by Gasteiger charge is -2.05. The van der Waals surface area contributed by atoms with Crippen molar-refractivity contribution in [1.29, 1.82) is 0 Å². The molecule has 0 heterocycles. The second-order valence-corrected chi connectivity index (χ2v) is 4.45. The molecule has 0 bridgehead atoms. The molecule has 0 unspecified atom stereocenters. The molecule has 0 aromatic heterocycles. The van der Waals surface area contributed by atoms with E-state index in [1.54, 1.807) is 19.9 Å². The lowest BCUT2D eigenvalue weighted by Crippen LogP contribution is -2.04. The largest absolute Gasteiger partial charge is 0.493 e. The van der Waals surface area contributed by atoms with Crippen molar-refractivity contribution >= 4 is 28.0 Å². The summed E-state index contributed by atoms with van der Waals surface area (Å²) in [6.07, 6.45) is 1.79. The molecule has 0 radical (unpaired) electrons. The van der Waals surface area contributed by atoms with Gasteiger partial charge in [0.2, 0.25) is 0 Å². The number of halogens is 1. The summed E-state index contributed by atoms with van der Waals surface area (Å²) < 4.78 is 10.4. The minimum atomic E-state index is -0.288. The molecule has 0 aliphatic carbocycles. The van der Waals surface area contributed by atoms with Crippen molar-refractivity contribution in [2.24, 2.45) is 0 Å². The number of rotatable bonds is 6. The number of carbonyl (C=O) groups is 1. The molecular weight excluding hydrogens is 296 g/mol. The zero-order valence-corrected chi connectivity index (χ0v) is 12.2. The molecule has 1 aromatic carbocycles. The van der Waals surface area contributed by atoms with Crippen LogP contribution in [0.1, 0.15) is 19.4 Å². The number of esters is 1. The highest BCUT2D eigenvalue weighted by Crippen LogP contribution is 2.16. The van der Waals surface area contributed by atoms with Crippen LogP contribution in [0.4, 0.5) is 0 Å². The van der Waals surface area contributed by atoms with E-state index in [0.717, 1.165) is 16.6 Å². The molecule has 0 spiro atoms. The lowest BCUT2D eigenvalue weighted by atomic mass is 10.1. The average Bonchev–Trinajstić information content (AvgIpc) is 2.37. The Morgan fingerprint density at radius 3 is 2.89 bits per heavy atom. The van der Waals surface area contributed by atoms with Gasteiger partial charge < -0.3 is 9.47 Å². The second kappa shape index (κ2) is 7.93. The zero-order valence-electron chi connectivity index (χ0n) is 10.6. The summed E-state index contributed by atoms with van der Waals surface area (Å²) in [6, 6.07) is 7.60. The fourth-order valence-electron chi connectivity index (χ4n) is 1.40. The molecule has 4 heteroatoms. The minimum absolute atomic E-state index is 0.288. The number of hydrogen-bond acceptors (Lipinski definition) is 3. The van der Waals surface area contributed by atoms with Crippen LogP contribution in [0, 0.1) is 0 Å². The Balaban J connectivity index is 2.77. The van der Waals surface area contributed by atoms with E-state index < -0.39 is 0 Å². The van der Waals surface area contributed by atoms with Gasteiger partial charge in [-0.05, 0) is 37.6 Å². The van der Waals surface area contributed by atoms with Gasteiger partial charge >= 0.3 is 5.97 Å². The van der Waals surface area contributed by atoms with Crippen LogP contribution in [0.2, 0.25) is 0 Å². The smallest absolute Gasteiger partial charge is 0.333 e. The molecule has 0 aliphatic rings. The van der Waals surface area contributed by atoms with Crippen LogP contribution in [-0.4, -0.2) is 24.5 Å². The first-order valence-electron chi connectivity index (χ1n) is 5.81. The highest BCUT2D eigenvalue weighted by Gasteiger charge is 2.04. The van der Waals surface area contributed by atoms with E-state index in [4.69, 9.17) is 9.47 Å². The van der Waals surface area contributed by atoms with E-state index >= 15 is 0 Å². The third kappa shape index (κ3) is 4.92. The predicted octanol–water partition coefficient (Wildman–Crippen LogP) is 3.43. The molecule has 0 aliphatic heterocycles. The first kappa shape index (κ1) is 14.8. The Bertz CT molecular complexity index is 427. The van der Waals surface area contributed by atoms with E-state index in [0.29, 0.717) is 18.8 Å². The van der Waals surface area contributed by atoms with E-state index in [2.05, 4.69) is 15.9 Å². The summed E-state index contributed by atoms with van der Waals surface area (Å²) in [7, 11) is 0. The third-order valence-electron chi connectivity index (χ3n) is 2.18. The molecule has 0 amide bonds. The van der Waals surface area contributed by atoms with Crippen molar-refractivity contribution in [3.63, 3.8) is 0 Å². The maximum atomic E-state index is 11.5. The van der Waals surface area contributed by atoms with E-state index in [1.807, 2.05) is 24.3 Å². The Morgan fingerprint density at radius 1 is 1.44 bits per heavy atom. The monoisotopic (exact) mass is 312 g/mol. The van der Waals surface area contributed by atoms with Gasteiger partial charge in [-0.1, -0.05) is 28.1 Å². The molecular formula is C14H17BrO3. The van der Waals surface area contributed by atoms with Crippen LogP contribution in [-0.2, 0) is 9.53 Å². The first-order chi connectivity index (χ1) is 8.67. The van der Waals surface area contributed by atoms with Crippen molar-refractivity contribution in [2.45, 2.75) is 13.8 Å². The molecule has 3 nitrogen and oxygen atoms in total. The third-order valence-corrected chi connectivity index (χ3v) is 2.51. The van der Waals surface area contributed by atoms with Gasteiger partial charge in [-0.25, -0.2) is 4.79 Å². The molecule has 1 aromatic rings. The summed E-state index contributed by atoms with van der Waals surface area (Å²) in [4.78, 5) is 11.5. The molecule has 0 atom stereocenters. The molecule has 0 N–H and O–H groups in total. The van der Waals surface area contributed by atoms with Gasteiger partial charge in [0.05, 0.1) is 13.2 Å². The quantitative estimate of drug-likeness (QED) is 0.458. The fourth-order valence-corrected chi connectivity index (χ4v) is 1.57. The maximum Gasteiger partial charge on any atom is 0.333 e. The van der Waals surface area contributed by atoms with Crippen molar-refractivity contribution < 1.29 is 14.3 Å². The van der Waals surface area contributed by atoms with Crippen LogP contribution in [0.15, 0.2) is 29.8 Å². The van der Waals surface area contributed by atoms with Gasteiger partial charge in [0.25, 0.3) is 0 Å². The van der Waals surface area contributed by atoms with E-state index in [9.17, 15) is 4.79 Å². The van der Waals surface area contributed by atoms with Gasteiger partial charge in [-0.2, -0.15) is 0 Å². The molecule has 98 valence electrons. The number of hydrogen-bond donors (Lipinski definition) is 0. The summed E-state index contributed by atoms with van der Waals surface area (Å²) in [6.45, 7) is 4.53. The predicted molar refractivity (Wildman–Crippen MR) is 76.0 cm³/mol. The van der Waals surface area contributed by atoms with Crippen LogP contribution in [0.5, 0.6) is 5.75 Å². The molecule has 18 heavy (non-hydrogen) atoms. The number of carbonyl (C=O) groups excluding carboxylic acids is 1. The van der Waals surface area contributed by atoms with Gasteiger partial charge in [-0.15, -0.1) is 0 Å². The minimum Gasteiger partial charge on any atom is -0.493 e. The summed E-state index contributed by atoms with van der Waals surface area (Å²) >= 11 is 3.30. The fraction of sp³-hybridized carbons (Fsp3) is 0.357. The van der Waals surface area contributed by atoms with Gasteiger partial charge in [-0.3, -0.25) is 0 Å². The summed E-state index contributed by atoms with van der Waals surface area (Å²) in [5.41, 5.74) is 1.50. The van der Waals surface area contributed by atoms with Gasteiger partial charge in [0.15, 0.2) is 0 Å². The number of ether oxygens (including phenoxy) is 2. The molecule has 1 rings (SSSR count). The Hall–Kier alpha value is -1.29. The molecule has 0 saturated heterocycles. The highest BCUT2D eigenvalue weighted by molar-refractivity contribution is 9.09. The summed E-state index contributed by atoms with van der Waals surface area (Å²) in [5.74, 6) is 0.504. The van der Waals surface area contributed by atoms with Crippen LogP contribution >= 0.6 is 15.9 Å². The average molecular weight is 313 g/mol.